The third-order valence-electron chi connectivity index (χ3n) is 3.38. The number of guanidine groups is 1. The maximum atomic E-state index is 5.85. The molecule has 88 valence electrons. The fraction of sp³-hybridized carbons (Fsp3) is 0.917. The monoisotopic (exact) mass is 211 g/mol. The zero-order valence-corrected chi connectivity index (χ0v) is 10.4. The van der Waals surface area contributed by atoms with E-state index in [4.69, 9.17) is 5.73 Å². The van der Waals surface area contributed by atoms with Crippen molar-refractivity contribution in [2.45, 2.75) is 39.5 Å². The summed E-state index contributed by atoms with van der Waals surface area (Å²) in [7, 11) is 2.05. The fourth-order valence-electron chi connectivity index (χ4n) is 2.28. The summed E-state index contributed by atoms with van der Waals surface area (Å²) in [5.74, 6) is 2.43. The first-order valence-electron chi connectivity index (χ1n) is 6.14. The van der Waals surface area contributed by atoms with Crippen molar-refractivity contribution in [3.63, 3.8) is 0 Å². The minimum atomic E-state index is 0.691. The summed E-state index contributed by atoms with van der Waals surface area (Å²) in [5, 5.41) is 0. The second-order valence-electron chi connectivity index (χ2n) is 4.84. The van der Waals surface area contributed by atoms with Crippen LogP contribution in [0, 0.1) is 11.8 Å². The number of nitrogens with two attached hydrogens (primary N) is 1. The van der Waals surface area contributed by atoms with Gasteiger partial charge in [0.25, 0.3) is 0 Å². The van der Waals surface area contributed by atoms with Gasteiger partial charge in [-0.25, -0.2) is 0 Å². The lowest BCUT2D eigenvalue weighted by Gasteiger charge is -2.30. The SMILES string of the molecule is CCN=C(N)N(C)CC1CCC(C)CC1. The highest BCUT2D eigenvalue weighted by Gasteiger charge is 2.19. The molecule has 0 radical (unpaired) electrons. The molecule has 0 heterocycles. The molecule has 0 saturated heterocycles. The Balaban J connectivity index is 2.32. The Morgan fingerprint density at radius 3 is 2.47 bits per heavy atom. The lowest BCUT2D eigenvalue weighted by Crippen LogP contribution is -2.38. The largest absolute Gasteiger partial charge is 0.370 e. The molecule has 1 aliphatic rings. The van der Waals surface area contributed by atoms with Gasteiger partial charge in [0.15, 0.2) is 5.96 Å². The van der Waals surface area contributed by atoms with Crippen LogP contribution < -0.4 is 5.73 Å². The van der Waals surface area contributed by atoms with E-state index in [9.17, 15) is 0 Å². The van der Waals surface area contributed by atoms with Crippen molar-refractivity contribution in [3.8, 4) is 0 Å². The Labute approximate surface area is 93.7 Å². The highest BCUT2D eigenvalue weighted by Crippen LogP contribution is 2.28. The van der Waals surface area contributed by atoms with Crippen LogP contribution in [-0.2, 0) is 0 Å². The third kappa shape index (κ3) is 4.10. The zero-order chi connectivity index (χ0) is 11.3. The highest BCUT2D eigenvalue weighted by molar-refractivity contribution is 5.77. The number of nitrogens with zero attached hydrogens (tertiary/aromatic N) is 2. The van der Waals surface area contributed by atoms with Gasteiger partial charge < -0.3 is 10.6 Å². The number of aliphatic imine (C=N–C) groups is 1. The van der Waals surface area contributed by atoms with Crippen LogP contribution in [0.1, 0.15) is 39.5 Å². The lowest BCUT2D eigenvalue weighted by atomic mass is 9.83. The van der Waals surface area contributed by atoms with E-state index >= 15 is 0 Å². The first-order valence-corrected chi connectivity index (χ1v) is 6.14. The summed E-state index contributed by atoms with van der Waals surface area (Å²) in [6.45, 7) is 6.22. The van der Waals surface area contributed by atoms with Crippen LogP contribution in [0.5, 0.6) is 0 Å². The first-order chi connectivity index (χ1) is 7.13. The quantitative estimate of drug-likeness (QED) is 0.573. The van der Waals surface area contributed by atoms with Crippen molar-refractivity contribution < 1.29 is 0 Å². The van der Waals surface area contributed by atoms with Gasteiger partial charge in [0.1, 0.15) is 0 Å². The molecular weight excluding hydrogens is 186 g/mol. The topological polar surface area (TPSA) is 41.6 Å². The summed E-state index contributed by atoms with van der Waals surface area (Å²) >= 11 is 0. The zero-order valence-electron chi connectivity index (χ0n) is 10.4. The maximum absolute atomic E-state index is 5.85. The Morgan fingerprint density at radius 1 is 1.33 bits per heavy atom. The molecule has 2 N–H and O–H groups in total. The molecule has 0 amide bonds. The van der Waals surface area contributed by atoms with Crippen LogP contribution in [0.4, 0.5) is 0 Å². The van der Waals surface area contributed by atoms with Gasteiger partial charge in [-0.05, 0) is 31.6 Å². The molecule has 0 atom stereocenters. The molecule has 15 heavy (non-hydrogen) atoms. The molecule has 1 aliphatic carbocycles. The summed E-state index contributed by atoms with van der Waals surface area (Å²) in [6.07, 6.45) is 5.46. The average molecular weight is 211 g/mol. The van der Waals surface area contributed by atoms with Crippen molar-refractivity contribution >= 4 is 5.96 Å². The number of hydrogen-bond acceptors (Lipinski definition) is 1. The van der Waals surface area contributed by atoms with E-state index in [1.54, 1.807) is 0 Å². The van der Waals surface area contributed by atoms with Gasteiger partial charge in [0, 0.05) is 20.1 Å². The van der Waals surface area contributed by atoms with E-state index < -0.39 is 0 Å². The lowest BCUT2D eigenvalue weighted by molar-refractivity contribution is 0.251. The molecule has 3 nitrogen and oxygen atoms in total. The predicted molar refractivity (Wildman–Crippen MR) is 65.9 cm³/mol. The standard InChI is InChI=1S/C12H25N3/c1-4-14-12(13)15(3)9-11-7-5-10(2)6-8-11/h10-11H,4-9H2,1-3H3,(H2,13,14). The van der Waals surface area contributed by atoms with Crippen molar-refractivity contribution in [1.82, 2.24) is 4.90 Å². The van der Waals surface area contributed by atoms with Crippen LogP contribution in [0.15, 0.2) is 4.99 Å². The van der Waals surface area contributed by atoms with Crippen molar-refractivity contribution in [3.05, 3.63) is 0 Å². The predicted octanol–water partition coefficient (Wildman–Crippen LogP) is 2.08. The van der Waals surface area contributed by atoms with Crippen LogP contribution in [0.3, 0.4) is 0 Å². The van der Waals surface area contributed by atoms with E-state index in [0.29, 0.717) is 5.96 Å². The smallest absolute Gasteiger partial charge is 0.190 e. The molecule has 0 aromatic rings. The number of hydrogen-bond donors (Lipinski definition) is 1. The van der Waals surface area contributed by atoms with Gasteiger partial charge in [-0.15, -0.1) is 0 Å². The normalized spacial score (nSPS) is 27.8. The Hall–Kier alpha value is -0.730. The van der Waals surface area contributed by atoms with E-state index in [1.807, 2.05) is 14.0 Å². The molecule has 0 aromatic heterocycles. The molecule has 3 heteroatoms. The molecule has 0 aromatic carbocycles. The van der Waals surface area contributed by atoms with Crippen LogP contribution in [0.25, 0.3) is 0 Å². The van der Waals surface area contributed by atoms with E-state index in [-0.39, 0.29) is 0 Å². The maximum Gasteiger partial charge on any atom is 0.190 e. The van der Waals surface area contributed by atoms with Gasteiger partial charge in [0.05, 0.1) is 0 Å². The molecule has 0 spiro atoms. The minimum absolute atomic E-state index is 0.691. The van der Waals surface area contributed by atoms with E-state index in [2.05, 4.69) is 16.8 Å². The van der Waals surface area contributed by atoms with Gasteiger partial charge in [-0.1, -0.05) is 19.8 Å². The van der Waals surface area contributed by atoms with Gasteiger partial charge in [-0.3, -0.25) is 4.99 Å². The van der Waals surface area contributed by atoms with Crippen molar-refractivity contribution in [2.75, 3.05) is 20.1 Å². The van der Waals surface area contributed by atoms with Gasteiger partial charge in [-0.2, -0.15) is 0 Å². The summed E-state index contributed by atoms with van der Waals surface area (Å²) in [6, 6.07) is 0. The number of rotatable bonds is 3. The second-order valence-corrected chi connectivity index (χ2v) is 4.84. The summed E-state index contributed by atoms with van der Waals surface area (Å²) < 4.78 is 0. The second kappa shape index (κ2) is 5.99. The van der Waals surface area contributed by atoms with Crippen LogP contribution in [0.2, 0.25) is 0 Å². The van der Waals surface area contributed by atoms with Crippen LogP contribution in [-0.4, -0.2) is 31.0 Å². The highest BCUT2D eigenvalue weighted by atomic mass is 15.2. The molecule has 0 unspecified atom stereocenters. The van der Waals surface area contributed by atoms with Crippen LogP contribution >= 0.6 is 0 Å². The van der Waals surface area contributed by atoms with Gasteiger partial charge >= 0.3 is 0 Å². The Bertz CT molecular complexity index is 205. The average Bonchev–Trinajstić information content (AvgIpc) is 2.22. The third-order valence-corrected chi connectivity index (χ3v) is 3.38. The Kier molecular flexibility index (Phi) is 4.92. The summed E-state index contributed by atoms with van der Waals surface area (Å²) in [5.41, 5.74) is 5.85. The van der Waals surface area contributed by atoms with Gasteiger partial charge in [0.2, 0.25) is 0 Å². The van der Waals surface area contributed by atoms with E-state index in [0.717, 1.165) is 24.9 Å². The fourth-order valence-corrected chi connectivity index (χ4v) is 2.28. The van der Waals surface area contributed by atoms with Crippen molar-refractivity contribution in [2.24, 2.45) is 22.6 Å². The molecule has 0 bridgehead atoms. The molecule has 0 aliphatic heterocycles. The van der Waals surface area contributed by atoms with E-state index in [1.165, 1.54) is 25.7 Å². The Morgan fingerprint density at radius 2 is 1.93 bits per heavy atom. The molecule has 1 fully saturated rings. The van der Waals surface area contributed by atoms with Crippen molar-refractivity contribution in [1.29, 1.82) is 0 Å². The molecular formula is C12H25N3. The molecule has 1 saturated carbocycles. The minimum Gasteiger partial charge on any atom is -0.370 e. The molecule has 1 rings (SSSR count). The first kappa shape index (κ1) is 12.3. The summed E-state index contributed by atoms with van der Waals surface area (Å²) in [4.78, 5) is 6.33.